The predicted molar refractivity (Wildman–Crippen MR) is 227 cm³/mol. The Morgan fingerprint density at radius 1 is 0.245 bits per heavy atom. The molecule has 0 saturated carbocycles. The van der Waals surface area contributed by atoms with Crippen molar-refractivity contribution < 1.29 is 0 Å². The predicted octanol–water partition coefficient (Wildman–Crippen LogP) is 14.8. The Hall–Kier alpha value is -6.96. The van der Waals surface area contributed by atoms with E-state index >= 15 is 0 Å². The lowest BCUT2D eigenvalue weighted by atomic mass is 9.96. The smallest absolute Gasteiger partial charge is 0.0540 e. The first-order chi connectivity index (χ1) is 26.3. The van der Waals surface area contributed by atoms with Gasteiger partial charge in [-0.3, -0.25) is 0 Å². The summed E-state index contributed by atoms with van der Waals surface area (Å²) in [6, 6.07) is 77.3. The quantitative estimate of drug-likeness (QED) is 0.159. The highest BCUT2D eigenvalue weighted by atomic mass is 15.1. The fourth-order valence-corrected chi connectivity index (χ4v) is 7.99. The van der Waals surface area contributed by atoms with E-state index in [1.807, 2.05) is 0 Å². The zero-order valence-corrected chi connectivity index (χ0v) is 29.2. The van der Waals surface area contributed by atoms with E-state index in [1.54, 1.807) is 0 Å². The molecule has 0 aliphatic carbocycles. The zero-order valence-electron chi connectivity index (χ0n) is 29.2. The summed E-state index contributed by atoms with van der Waals surface area (Å²) < 4.78 is 0. The van der Waals surface area contributed by atoms with Crippen LogP contribution in [0.5, 0.6) is 0 Å². The Labute approximate surface area is 309 Å². The second kappa shape index (κ2) is 13.0. The number of para-hydroxylation sites is 1. The first kappa shape index (κ1) is 30.8. The number of nitrogens with zero attached hydrogens (tertiary/aromatic N) is 1. The van der Waals surface area contributed by atoms with Crippen LogP contribution in [0.15, 0.2) is 212 Å². The molecule has 0 N–H and O–H groups in total. The molecular formula is C52H35N. The van der Waals surface area contributed by atoms with Gasteiger partial charge in [-0.05, 0) is 113 Å². The first-order valence-electron chi connectivity index (χ1n) is 18.3. The lowest BCUT2D eigenvalue weighted by Crippen LogP contribution is -2.11. The molecule has 10 aromatic carbocycles. The molecule has 0 aliphatic heterocycles. The summed E-state index contributed by atoms with van der Waals surface area (Å²) in [5, 5.41) is 10.1. The molecule has 0 unspecified atom stereocenters. The van der Waals surface area contributed by atoms with E-state index in [0.29, 0.717) is 0 Å². The number of hydrogen-bond donors (Lipinski definition) is 0. The van der Waals surface area contributed by atoms with E-state index in [1.165, 1.54) is 76.5 Å². The molecule has 0 atom stereocenters. The third-order valence-electron chi connectivity index (χ3n) is 10.6. The maximum Gasteiger partial charge on any atom is 0.0540 e. The third-order valence-corrected chi connectivity index (χ3v) is 10.6. The van der Waals surface area contributed by atoms with Crippen molar-refractivity contribution >= 4 is 60.2 Å². The van der Waals surface area contributed by atoms with Gasteiger partial charge in [0.1, 0.15) is 0 Å². The molecular weight excluding hydrogens is 639 g/mol. The molecule has 0 bridgehead atoms. The Bertz CT molecular complexity index is 2800. The molecule has 1 nitrogen and oxygen atoms in total. The van der Waals surface area contributed by atoms with E-state index in [4.69, 9.17) is 0 Å². The lowest BCUT2D eigenvalue weighted by Gasteiger charge is -2.29. The summed E-state index contributed by atoms with van der Waals surface area (Å²) >= 11 is 0. The van der Waals surface area contributed by atoms with Gasteiger partial charge < -0.3 is 4.90 Å². The van der Waals surface area contributed by atoms with Gasteiger partial charge in [-0.15, -0.1) is 0 Å². The van der Waals surface area contributed by atoms with Crippen LogP contribution in [0.2, 0.25) is 0 Å². The summed E-state index contributed by atoms with van der Waals surface area (Å²) in [6.07, 6.45) is 0. The minimum atomic E-state index is 1.10. The van der Waals surface area contributed by atoms with Gasteiger partial charge in [0, 0.05) is 16.9 Å². The molecule has 10 aromatic rings. The fourth-order valence-electron chi connectivity index (χ4n) is 7.99. The Balaban J connectivity index is 1.12. The van der Waals surface area contributed by atoms with Crippen LogP contribution in [0.4, 0.5) is 17.1 Å². The average molecular weight is 674 g/mol. The summed E-state index contributed by atoms with van der Waals surface area (Å²) in [7, 11) is 0. The van der Waals surface area contributed by atoms with Crippen LogP contribution >= 0.6 is 0 Å². The number of anilines is 3. The maximum atomic E-state index is 2.42. The van der Waals surface area contributed by atoms with E-state index in [0.717, 1.165) is 17.1 Å². The average Bonchev–Trinajstić information content (AvgIpc) is 3.24. The van der Waals surface area contributed by atoms with Crippen LogP contribution in [0.1, 0.15) is 0 Å². The van der Waals surface area contributed by atoms with Gasteiger partial charge in [-0.2, -0.15) is 0 Å². The first-order valence-corrected chi connectivity index (χ1v) is 18.3. The summed E-state index contributed by atoms with van der Waals surface area (Å²) in [5.41, 5.74) is 10.5. The Kier molecular flexibility index (Phi) is 7.55. The molecule has 0 heterocycles. The van der Waals surface area contributed by atoms with Crippen molar-refractivity contribution in [1.82, 2.24) is 0 Å². The maximum absolute atomic E-state index is 2.42. The van der Waals surface area contributed by atoms with Crippen LogP contribution in [-0.2, 0) is 0 Å². The monoisotopic (exact) mass is 673 g/mol. The molecule has 0 fully saturated rings. The lowest BCUT2D eigenvalue weighted by molar-refractivity contribution is 1.28. The molecule has 1 heteroatoms. The van der Waals surface area contributed by atoms with Crippen LogP contribution in [0, 0.1) is 0 Å². The number of hydrogen-bond acceptors (Lipinski definition) is 1. The van der Waals surface area contributed by atoms with Gasteiger partial charge >= 0.3 is 0 Å². The molecule has 0 aliphatic rings. The minimum Gasteiger partial charge on any atom is -0.310 e. The SMILES string of the molecule is c1ccc(-c2ccccc2N(c2cccc(-c3ccc4c(ccc5ccccc54)c3)c2)c2cccc(-c3ccc4c(ccc5ccccc54)c3)c2)cc1. The molecule has 53 heavy (non-hydrogen) atoms. The summed E-state index contributed by atoms with van der Waals surface area (Å²) in [6.45, 7) is 0. The van der Waals surface area contributed by atoms with E-state index in [2.05, 4.69) is 217 Å². The van der Waals surface area contributed by atoms with Gasteiger partial charge in [-0.1, -0.05) is 170 Å². The van der Waals surface area contributed by atoms with Crippen LogP contribution in [-0.4, -0.2) is 0 Å². The number of rotatable bonds is 6. The fraction of sp³-hybridized carbons (Fsp3) is 0. The molecule has 0 amide bonds. The summed E-state index contributed by atoms with van der Waals surface area (Å²) in [4.78, 5) is 2.42. The Morgan fingerprint density at radius 2 is 0.679 bits per heavy atom. The van der Waals surface area contributed by atoms with E-state index in [-0.39, 0.29) is 0 Å². The number of benzene rings is 10. The largest absolute Gasteiger partial charge is 0.310 e. The van der Waals surface area contributed by atoms with Crippen LogP contribution < -0.4 is 4.90 Å². The minimum absolute atomic E-state index is 1.10. The third kappa shape index (κ3) is 5.60. The number of fused-ring (bicyclic) bond motifs is 6. The molecule has 0 spiro atoms. The van der Waals surface area contributed by atoms with E-state index in [9.17, 15) is 0 Å². The van der Waals surface area contributed by atoms with Gasteiger partial charge in [0.2, 0.25) is 0 Å². The Morgan fingerprint density at radius 3 is 1.26 bits per heavy atom. The van der Waals surface area contributed by atoms with Gasteiger partial charge in [0.15, 0.2) is 0 Å². The highest BCUT2D eigenvalue weighted by Crippen LogP contribution is 2.43. The topological polar surface area (TPSA) is 3.24 Å². The van der Waals surface area contributed by atoms with Crippen molar-refractivity contribution in [2.75, 3.05) is 4.90 Å². The highest BCUT2D eigenvalue weighted by Gasteiger charge is 2.18. The van der Waals surface area contributed by atoms with Crippen molar-refractivity contribution in [2.45, 2.75) is 0 Å². The highest BCUT2D eigenvalue weighted by molar-refractivity contribution is 6.09. The van der Waals surface area contributed by atoms with Crippen molar-refractivity contribution in [3.05, 3.63) is 212 Å². The van der Waals surface area contributed by atoms with E-state index < -0.39 is 0 Å². The van der Waals surface area contributed by atoms with Crippen molar-refractivity contribution in [3.63, 3.8) is 0 Å². The molecule has 0 saturated heterocycles. The van der Waals surface area contributed by atoms with Crippen LogP contribution in [0.25, 0.3) is 76.5 Å². The second-order valence-electron chi connectivity index (χ2n) is 13.8. The molecule has 0 aromatic heterocycles. The van der Waals surface area contributed by atoms with Gasteiger partial charge in [0.05, 0.1) is 5.69 Å². The second-order valence-corrected chi connectivity index (χ2v) is 13.8. The van der Waals surface area contributed by atoms with Crippen molar-refractivity contribution in [2.24, 2.45) is 0 Å². The van der Waals surface area contributed by atoms with Gasteiger partial charge in [-0.25, -0.2) is 0 Å². The normalized spacial score (nSPS) is 11.4. The van der Waals surface area contributed by atoms with Crippen molar-refractivity contribution in [1.29, 1.82) is 0 Å². The molecule has 10 rings (SSSR count). The van der Waals surface area contributed by atoms with Crippen molar-refractivity contribution in [3.8, 4) is 33.4 Å². The molecule has 248 valence electrons. The summed E-state index contributed by atoms with van der Waals surface area (Å²) in [5.74, 6) is 0. The standard InChI is InChI=1S/C52H35N/c1-2-12-36(13-3-1)51-22-8-9-23-52(51)53(45-18-10-16-39(34-45)41-28-30-49-43(32-41)26-24-37-14-4-6-20-47(37)49)46-19-11-17-40(35-46)42-29-31-50-44(33-42)27-25-38-15-5-7-21-48(38)50/h1-35H. The van der Waals surface area contributed by atoms with Crippen LogP contribution in [0.3, 0.4) is 0 Å². The zero-order chi connectivity index (χ0) is 35.1. The molecule has 0 radical (unpaired) electrons. The van der Waals surface area contributed by atoms with Gasteiger partial charge in [0.25, 0.3) is 0 Å².